The highest BCUT2D eigenvalue weighted by Gasteiger charge is 2.28. The van der Waals surface area contributed by atoms with E-state index in [9.17, 15) is 4.79 Å². The Hall–Kier alpha value is -2.42. The third-order valence-corrected chi connectivity index (χ3v) is 4.02. The summed E-state index contributed by atoms with van der Waals surface area (Å²) in [6.07, 6.45) is 3.71. The second-order valence-electron chi connectivity index (χ2n) is 7.30. The van der Waals surface area contributed by atoms with E-state index in [2.05, 4.69) is 20.1 Å². The molecule has 6 nitrogen and oxygen atoms in total. The van der Waals surface area contributed by atoms with Gasteiger partial charge in [0.1, 0.15) is 5.52 Å². The maximum absolute atomic E-state index is 12.3. The molecular weight excluding hydrogens is 290 g/mol. The molecule has 1 saturated carbocycles. The molecule has 0 aromatic carbocycles. The fraction of sp³-hybridized carbons (Fsp3) is 0.529. The van der Waals surface area contributed by atoms with E-state index in [1.54, 1.807) is 12.1 Å². The van der Waals surface area contributed by atoms with Crippen LogP contribution in [0.3, 0.4) is 0 Å². The molecule has 0 aliphatic heterocycles. The van der Waals surface area contributed by atoms with Crippen LogP contribution in [0.25, 0.3) is 16.0 Å². The smallest absolute Gasteiger partial charge is 0.271 e. The van der Waals surface area contributed by atoms with E-state index in [-0.39, 0.29) is 11.3 Å². The van der Waals surface area contributed by atoms with E-state index in [1.807, 2.05) is 25.3 Å². The average Bonchev–Trinajstić information content (AvgIpc) is 2.72. The van der Waals surface area contributed by atoms with Crippen LogP contribution in [0.2, 0.25) is 0 Å². The molecule has 23 heavy (non-hydrogen) atoms. The lowest BCUT2D eigenvalue weighted by molar-refractivity contribution is -0.117. The van der Waals surface area contributed by atoms with Crippen molar-refractivity contribution in [1.29, 1.82) is 0 Å². The molecule has 0 atom stereocenters. The van der Waals surface area contributed by atoms with Gasteiger partial charge in [-0.3, -0.25) is 14.7 Å². The summed E-state index contributed by atoms with van der Waals surface area (Å²) >= 11 is 0. The maximum Gasteiger partial charge on any atom is 0.271 e. The van der Waals surface area contributed by atoms with Crippen molar-refractivity contribution >= 4 is 28.8 Å². The number of imidazole rings is 1. The summed E-state index contributed by atoms with van der Waals surface area (Å²) in [5.41, 5.74) is 1.33. The van der Waals surface area contributed by atoms with Crippen LogP contribution in [-0.4, -0.2) is 20.4 Å². The number of aromatic nitrogens is 3. The number of rotatable bonds is 3. The summed E-state index contributed by atoms with van der Waals surface area (Å²) in [5.74, 6) is 0.859. The van der Waals surface area contributed by atoms with E-state index in [0.29, 0.717) is 29.9 Å². The molecule has 3 rings (SSSR count). The van der Waals surface area contributed by atoms with Crippen molar-refractivity contribution in [1.82, 2.24) is 14.5 Å². The fourth-order valence-corrected chi connectivity index (χ4v) is 2.76. The van der Waals surface area contributed by atoms with E-state index in [4.69, 9.17) is 6.57 Å². The first-order valence-corrected chi connectivity index (χ1v) is 7.94. The number of hydrogen-bond acceptors (Lipinski definition) is 3. The molecule has 1 N–H and O–H groups in total. The molecule has 0 spiro atoms. The predicted octanol–water partition coefficient (Wildman–Crippen LogP) is 4.08. The number of pyridine rings is 1. The molecule has 0 saturated heterocycles. The van der Waals surface area contributed by atoms with Gasteiger partial charge in [-0.25, -0.2) is 4.98 Å². The number of carbonyl (C=O) groups excluding carboxylic acids is 1. The topological polar surface area (TPSA) is 64.2 Å². The third-order valence-electron chi connectivity index (χ3n) is 4.02. The van der Waals surface area contributed by atoms with Gasteiger partial charge in [-0.15, -0.1) is 0 Å². The Labute approximate surface area is 135 Å². The lowest BCUT2D eigenvalue weighted by atomic mass is 9.92. The van der Waals surface area contributed by atoms with E-state index in [0.717, 1.165) is 18.4 Å². The van der Waals surface area contributed by atoms with Crippen LogP contribution < -0.4 is 5.32 Å². The highest BCUT2D eigenvalue weighted by molar-refractivity contribution is 5.91. The van der Waals surface area contributed by atoms with Crippen molar-refractivity contribution in [2.24, 2.45) is 5.41 Å². The lowest BCUT2D eigenvalue weighted by Gasteiger charge is -2.28. The van der Waals surface area contributed by atoms with Gasteiger partial charge in [-0.1, -0.05) is 32.3 Å². The number of anilines is 1. The summed E-state index contributed by atoms with van der Waals surface area (Å²) < 4.78 is 1.99. The number of fused-ring (bicyclic) bond motifs is 1. The first-order valence-electron chi connectivity index (χ1n) is 7.94. The van der Waals surface area contributed by atoms with Crippen LogP contribution >= 0.6 is 0 Å². The minimum Gasteiger partial charge on any atom is -0.361 e. The molecular formula is C17H21N5O. The summed E-state index contributed by atoms with van der Waals surface area (Å²) in [5, 5.41) is 2.94. The minimum absolute atomic E-state index is 0.0428. The maximum atomic E-state index is 12.3. The predicted molar refractivity (Wildman–Crippen MR) is 89.4 cm³/mol. The molecule has 1 fully saturated rings. The Balaban J connectivity index is 1.99. The first-order chi connectivity index (χ1) is 10.9. The van der Waals surface area contributed by atoms with Crippen LogP contribution in [-0.2, 0) is 4.79 Å². The molecule has 2 aromatic rings. The van der Waals surface area contributed by atoms with Crippen molar-refractivity contribution in [3.63, 3.8) is 0 Å². The average molecular weight is 311 g/mol. The van der Waals surface area contributed by atoms with Crippen molar-refractivity contribution in [3.8, 4) is 0 Å². The van der Waals surface area contributed by atoms with Gasteiger partial charge in [0, 0.05) is 12.5 Å². The van der Waals surface area contributed by atoms with Crippen LogP contribution in [0, 0.1) is 12.0 Å². The zero-order chi connectivity index (χ0) is 16.6. The monoisotopic (exact) mass is 311 g/mol. The van der Waals surface area contributed by atoms with Crippen molar-refractivity contribution in [2.75, 3.05) is 5.32 Å². The molecule has 0 radical (unpaired) electrons. The standard InChI is InChI=1S/C17H21N5O/c1-17(2,3)10-14(23)21-16-19-12-8-9-13(18-4)20-15(12)22(16)11-6-5-7-11/h8-9,11H,5-7,10H2,1-3H3,(H,19,21,23). The number of amides is 1. The molecule has 0 bridgehead atoms. The molecule has 120 valence electrons. The summed E-state index contributed by atoms with van der Waals surface area (Å²) in [7, 11) is 0. The summed E-state index contributed by atoms with van der Waals surface area (Å²) in [6.45, 7) is 13.2. The lowest BCUT2D eigenvalue weighted by Crippen LogP contribution is -2.24. The number of hydrogen-bond donors (Lipinski definition) is 1. The second kappa shape index (κ2) is 5.65. The SMILES string of the molecule is [C-]#[N+]c1ccc2nc(NC(=O)CC(C)(C)C)n(C3CCC3)c2n1. The molecule has 1 aliphatic rings. The molecule has 0 unspecified atom stereocenters. The van der Waals surface area contributed by atoms with Crippen molar-refractivity contribution < 1.29 is 4.79 Å². The van der Waals surface area contributed by atoms with Gasteiger partial charge in [0.2, 0.25) is 11.9 Å². The summed E-state index contributed by atoms with van der Waals surface area (Å²) in [6, 6.07) is 3.76. The Morgan fingerprint density at radius 1 is 1.39 bits per heavy atom. The van der Waals surface area contributed by atoms with Crippen LogP contribution in [0.5, 0.6) is 0 Å². The van der Waals surface area contributed by atoms with Gasteiger partial charge in [0.15, 0.2) is 0 Å². The zero-order valence-corrected chi connectivity index (χ0v) is 13.8. The van der Waals surface area contributed by atoms with E-state index in [1.165, 1.54) is 6.42 Å². The Morgan fingerprint density at radius 2 is 2.13 bits per heavy atom. The Bertz CT molecular complexity index is 790. The largest absolute Gasteiger partial charge is 0.361 e. The van der Waals surface area contributed by atoms with Crippen LogP contribution in [0.4, 0.5) is 11.8 Å². The van der Waals surface area contributed by atoms with Gasteiger partial charge in [0.05, 0.1) is 0 Å². The Morgan fingerprint density at radius 3 is 2.70 bits per heavy atom. The van der Waals surface area contributed by atoms with E-state index >= 15 is 0 Å². The van der Waals surface area contributed by atoms with Crippen molar-refractivity contribution in [3.05, 3.63) is 23.5 Å². The third kappa shape index (κ3) is 3.19. The quantitative estimate of drug-likeness (QED) is 0.869. The molecule has 2 aromatic heterocycles. The molecule has 1 amide bonds. The van der Waals surface area contributed by atoms with Gasteiger partial charge in [-0.2, -0.15) is 0 Å². The van der Waals surface area contributed by atoms with Gasteiger partial charge in [0.25, 0.3) is 11.5 Å². The Kier molecular flexibility index (Phi) is 3.80. The second-order valence-corrected chi connectivity index (χ2v) is 7.30. The first kappa shape index (κ1) is 15.5. The molecule has 2 heterocycles. The highest BCUT2D eigenvalue weighted by atomic mass is 16.1. The van der Waals surface area contributed by atoms with Gasteiger partial charge >= 0.3 is 0 Å². The van der Waals surface area contributed by atoms with E-state index < -0.39 is 0 Å². The number of carbonyl (C=O) groups is 1. The summed E-state index contributed by atoms with van der Waals surface area (Å²) in [4.78, 5) is 24.6. The molecule has 6 heteroatoms. The van der Waals surface area contributed by atoms with Crippen molar-refractivity contribution in [2.45, 2.75) is 52.5 Å². The van der Waals surface area contributed by atoms with Gasteiger partial charge in [-0.05, 0) is 36.8 Å². The van der Waals surface area contributed by atoms with Crippen LogP contribution in [0.1, 0.15) is 52.5 Å². The normalized spacial score (nSPS) is 15.2. The minimum atomic E-state index is -0.0765. The van der Waals surface area contributed by atoms with Crippen LogP contribution in [0.15, 0.2) is 12.1 Å². The number of nitrogens with one attached hydrogen (secondary N) is 1. The zero-order valence-electron chi connectivity index (χ0n) is 13.8. The van der Waals surface area contributed by atoms with Gasteiger partial charge < -0.3 is 4.85 Å². The molecule has 1 aliphatic carbocycles. The number of nitrogens with zero attached hydrogens (tertiary/aromatic N) is 4. The highest BCUT2D eigenvalue weighted by Crippen LogP contribution is 2.37. The fourth-order valence-electron chi connectivity index (χ4n) is 2.76.